The van der Waals surface area contributed by atoms with Crippen molar-refractivity contribution >= 4 is 11.9 Å². The Kier molecular flexibility index (Phi) is 4.74. The molecular formula is C15H16N4O6. The van der Waals surface area contributed by atoms with E-state index in [1.807, 2.05) is 0 Å². The van der Waals surface area contributed by atoms with Crippen LogP contribution in [0.1, 0.15) is 27.2 Å². The molecule has 25 heavy (non-hydrogen) atoms. The Morgan fingerprint density at radius 1 is 1.24 bits per heavy atom. The zero-order valence-corrected chi connectivity index (χ0v) is 12.9. The molecule has 0 bridgehead atoms. The first-order chi connectivity index (χ1) is 12.0. The van der Waals surface area contributed by atoms with Gasteiger partial charge in [0.1, 0.15) is 31.2 Å². The molecule has 1 saturated heterocycles. The standard InChI is InChI=1S/C15H16N4O6/c16-12(22)13-17-7-19(18-13)14-11(21)10(20)9(25-14)6-24-15(23)8-4-2-1-3-5-8/h1-5,7,9-11,14,20-21H,6H2,(H2,16,22)/t9-,10+,11?,14-/m1/s1. The van der Waals surface area contributed by atoms with Crippen molar-refractivity contribution in [3.63, 3.8) is 0 Å². The number of ether oxygens (including phenoxy) is 2. The molecule has 1 aliphatic heterocycles. The first kappa shape index (κ1) is 17.0. The average Bonchev–Trinajstić information content (AvgIpc) is 3.20. The van der Waals surface area contributed by atoms with E-state index < -0.39 is 36.4 Å². The van der Waals surface area contributed by atoms with Crippen molar-refractivity contribution in [1.29, 1.82) is 0 Å². The van der Waals surface area contributed by atoms with Crippen LogP contribution >= 0.6 is 0 Å². The van der Waals surface area contributed by atoms with Crippen molar-refractivity contribution < 1.29 is 29.3 Å². The number of hydrogen-bond acceptors (Lipinski definition) is 8. The third-order valence-corrected chi connectivity index (χ3v) is 3.72. The van der Waals surface area contributed by atoms with E-state index in [1.54, 1.807) is 30.3 Å². The molecule has 2 heterocycles. The zero-order chi connectivity index (χ0) is 18.0. The zero-order valence-electron chi connectivity index (χ0n) is 12.9. The van der Waals surface area contributed by atoms with Gasteiger partial charge < -0.3 is 25.4 Å². The highest BCUT2D eigenvalue weighted by Gasteiger charge is 2.45. The lowest BCUT2D eigenvalue weighted by atomic mass is 10.1. The number of aliphatic hydroxyl groups excluding tert-OH is 2. The maximum absolute atomic E-state index is 11.9. The molecule has 1 fully saturated rings. The summed E-state index contributed by atoms with van der Waals surface area (Å²) in [6, 6.07) is 8.33. The first-order valence-corrected chi connectivity index (χ1v) is 7.42. The van der Waals surface area contributed by atoms with Crippen LogP contribution in [0.25, 0.3) is 0 Å². The molecule has 1 aliphatic rings. The molecule has 0 saturated carbocycles. The summed E-state index contributed by atoms with van der Waals surface area (Å²) in [7, 11) is 0. The highest BCUT2D eigenvalue weighted by Crippen LogP contribution is 2.29. The van der Waals surface area contributed by atoms with Crippen LogP contribution in [0, 0.1) is 0 Å². The second kappa shape index (κ2) is 6.97. The Bertz CT molecular complexity index is 764. The fourth-order valence-electron chi connectivity index (χ4n) is 2.41. The number of carbonyl (C=O) groups excluding carboxylic acids is 2. The molecule has 1 unspecified atom stereocenters. The number of carbonyl (C=O) groups is 2. The van der Waals surface area contributed by atoms with Gasteiger partial charge in [-0.05, 0) is 12.1 Å². The molecule has 1 amide bonds. The number of esters is 1. The lowest BCUT2D eigenvalue weighted by Crippen LogP contribution is -2.34. The van der Waals surface area contributed by atoms with Crippen LogP contribution in [0.15, 0.2) is 36.7 Å². The number of nitrogens with zero attached hydrogens (tertiary/aromatic N) is 3. The number of nitrogens with two attached hydrogens (primary N) is 1. The Labute approximate surface area is 141 Å². The third-order valence-electron chi connectivity index (χ3n) is 3.72. The highest BCUT2D eigenvalue weighted by atomic mass is 16.6. The van der Waals surface area contributed by atoms with E-state index >= 15 is 0 Å². The van der Waals surface area contributed by atoms with E-state index in [2.05, 4.69) is 10.1 Å². The maximum Gasteiger partial charge on any atom is 0.338 e. The molecule has 132 valence electrons. The number of rotatable bonds is 5. The molecule has 10 nitrogen and oxygen atoms in total. The van der Waals surface area contributed by atoms with Crippen LogP contribution in [0.5, 0.6) is 0 Å². The fraction of sp³-hybridized carbons (Fsp3) is 0.333. The molecule has 1 aromatic carbocycles. The van der Waals surface area contributed by atoms with Crippen molar-refractivity contribution in [3.05, 3.63) is 48.0 Å². The third kappa shape index (κ3) is 3.50. The molecule has 10 heteroatoms. The fourth-order valence-corrected chi connectivity index (χ4v) is 2.41. The van der Waals surface area contributed by atoms with Crippen LogP contribution < -0.4 is 5.73 Å². The van der Waals surface area contributed by atoms with Gasteiger partial charge >= 0.3 is 5.97 Å². The molecule has 4 atom stereocenters. The van der Waals surface area contributed by atoms with Crippen LogP contribution in [-0.4, -0.2) is 61.8 Å². The van der Waals surface area contributed by atoms with E-state index in [4.69, 9.17) is 15.2 Å². The van der Waals surface area contributed by atoms with Crippen LogP contribution in [0.3, 0.4) is 0 Å². The number of aromatic nitrogens is 3. The van der Waals surface area contributed by atoms with Crippen molar-refractivity contribution in [2.24, 2.45) is 5.73 Å². The van der Waals surface area contributed by atoms with Gasteiger partial charge in [-0.25, -0.2) is 14.5 Å². The van der Waals surface area contributed by atoms with Gasteiger partial charge in [0.15, 0.2) is 6.23 Å². The smallest absolute Gasteiger partial charge is 0.338 e. The maximum atomic E-state index is 11.9. The van der Waals surface area contributed by atoms with Gasteiger partial charge in [0, 0.05) is 0 Å². The van der Waals surface area contributed by atoms with E-state index in [-0.39, 0.29) is 12.4 Å². The number of benzene rings is 1. The summed E-state index contributed by atoms with van der Waals surface area (Å²) in [5.41, 5.74) is 5.42. The van der Waals surface area contributed by atoms with Crippen molar-refractivity contribution in [2.45, 2.75) is 24.5 Å². The summed E-state index contributed by atoms with van der Waals surface area (Å²) in [4.78, 5) is 26.6. The van der Waals surface area contributed by atoms with Crippen molar-refractivity contribution in [1.82, 2.24) is 14.8 Å². The van der Waals surface area contributed by atoms with E-state index in [0.717, 1.165) is 11.0 Å². The number of amides is 1. The topological polar surface area (TPSA) is 150 Å². The summed E-state index contributed by atoms with van der Waals surface area (Å²) < 4.78 is 11.7. The number of primary amides is 1. The lowest BCUT2D eigenvalue weighted by molar-refractivity contribution is -0.0632. The van der Waals surface area contributed by atoms with Gasteiger partial charge in [-0.15, -0.1) is 5.10 Å². The minimum atomic E-state index is -1.34. The normalized spacial score (nSPS) is 25.7. The first-order valence-electron chi connectivity index (χ1n) is 7.42. The van der Waals surface area contributed by atoms with Crippen LogP contribution in [-0.2, 0) is 9.47 Å². The van der Waals surface area contributed by atoms with Gasteiger partial charge in [0.25, 0.3) is 5.91 Å². The van der Waals surface area contributed by atoms with Crippen LogP contribution in [0.2, 0.25) is 0 Å². The largest absolute Gasteiger partial charge is 0.459 e. The van der Waals surface area contributed by atoms with Gasteiger partial charge in [-0.1, -0.05) is 18.2 Å². The Morgan fingerprint density at radius 3 is 2.60 bits per heavy atom. The lowest BCUT2D eigenvalue weighted by Gasteiger charge is -2.14. The van der Waals surface area contributed by atoms with Crippen molar-refractivity contribution in [3.8, 4) is 0 Å². The van der Waals surface area contributed by atoms with Gasteiger partial charge in [0.05, 0.1) is 5.56 Å². The molecule has 0 radical (unpaired) electrons. The summed E-state index contributed by atoms with van der Waals surface area (Å²) in [6.07, 6.45) is -3.55. The van der Waals surface area contributed by atoms with E-state index in [0.29, 0.717) is 5.56 Å². The number of aliphatic hydroxyl groups is 2. The Morgan fingerprint density at radius 2 is 1.96 bits per heavy atom. The quantitative estimate of drug-likeness (QED) is 0.573. The minimum Gasteiger partial charge on any atom is -0.459 e. The Hall–Kier alpha value is -2.82. The summed E-state index contributed by atoms with van der Waals surface area (Å²) in [6.45, 7) is -0.264. The summed E-state index contributed by atoms with van der Waals surface area (Å²) in [5.74, 6) is -1.66. The predicted octanol–water partition coefficient (Wildman–Crippen LogP) is -1.15. The molecule has 1 aromatic heterocycles. The second-order valence-electron chi connectivity index (χ2n) is 5.42. The predicted molar refractivity (Wildman–Crippen MR) is 81.2 cm³/mol. The highest BCUT2D eigenvalue weighted by molar-refractivity contribution is 5.89. The summed E-state index contributed by atoms with van der Waals surface area (Å²) >= 11 is 0. The monoisotopic (exact) mass is 348 g/mol. The molecule has 4 N–H and O–H groups in total. The van der Waals surface area contributed by atoms with E-state index in [9.17, 15) is 19.8 Å². The second-order valence-corrected chi connectivity index (χ2v) is 5.42. The SMILES string of the molecule is NC(=O)c1ncn([C@@H]2O[C@H](COC(=O)c3ccccc3)[C@H](O)C2O)n1. The van der Waals surface area contributed by atoms with Gasteiger partial charge in [-0.2, -0.15) is 0 Å². The Balaban J connectivity index is 1.63. The molecular weight excluding hydrogens is 332 g/mol. The molecule has 3 rings (SSSR count). The number of hydrogen-bond donors (Lipinski definition) is 3. The molecule has 0 aliphatic carbocycles. The molecule has 2 aromatic rings. The van der Waals surface area contributed by atoms with Gasteiger partial charge in [-0.3, -0.25) is 4.79 Å². The minimum absolute atomic E-state index is 0.246. The van der Waals surface area contributed by atoms with Crippen LogP contribution in [0.4, 0.5) is 0 Å². The summed E-state index contributed by atoms with van der Waals surface area (Å²) in [5, 5.41) is 23.9. The van der Waals surface area contributed by atoms with Gasteiger partial charge in [0.2, 0.25) is 5.82 Å². The molecule has 0 spiro atoms. The van der Waals surface area contributed by atoms with Crippen molar-refractivity contribution in [2.75, 3.05) is 6.61 Å². The van der Waals surface area contributed by atoms with E-state index in [1.165, 1.54) is 0 Å². The average molecular weight is 348 g/mol.